The largest absolute Gasteiger partial charge is 0.478 e. The van der Waals surface area contributed by atoms with E-state index in [-0.39, 0.29) is 47.2 Å². The molecular formula is C29H36BrN3O6. The number of carbonyl (C=O) groups is 2. The van der Waals surface area contributed by atoms with Crippen molar-refractivity contribution < 1.29 is 28.6 Å². The van der Waals surface area contributed by atoms with E-state index in [0.29, 0.717) is 39.3 Å². The highest BCUT2D eigenvalue weighted by atomic mass is 79.9. The Morgan fingerprint density at radius 1 is 1.28 bits per heavy atom. The number of carboxylic acids is 1. The second kappa shape index (κ2) is 10.7. The van der Waals surface area contributed by atoms with Crippen LogP contribution < -0.4 is 5.32 Å². The summed E-state index contributed by atoms with van der Waals surface area (Å²) >= 11 is 3.43. The number of hydrogen-bond acceptors (Lipinski definition) is 7. The Morgan fingerprint density at radius 2 is 2.05 bits per heavy atom. The zero-order valence-electron chi connectivity index (χ0n) is 22.9. The molecular weight excluding hydrogens is 566 g/mol. The predicted molar refractivity (Wildman–Crippen MR) is 150 cm³/mol. The van der Waals surface area contributed by atoms with Gasteiger partial charge in [-0.25, -0.2) is 9.78 Å². The van der Waals surface area contributed by atoms with Crippen molar-refractivity contribution in [1.82, 2.24) is 9.97 Å². The third-order valence-corrected chi connectivity index (χ3v) is 9.22. The minimum atomic E-state index is -1.08. The molecule has 2 aliphatic heterocycles. The summed E-state index contributed by atoms with van der Waals surface area (Å²) in [4.78, 5) is 32.9. The maximum Gasteiger partial charge on any atom is 0.340 e. The van der Waals surface area contributed by atoms with Crippen LogP contribution in [0.5, 0.6) is 0 Å². The van der Waals surface area contributed by atoms with Crippen molar-refractivity contribution in [1.29, 1.82) is 0 Å². The van der Waals surface area contributed by atoms with Crippen LogP contribution in [0.15, 0.2) is 33.3 Å². The standard InChI is InChI=1S/C29H36BrN3O6/c1-14-8-9-29(16(3)11-15(2)27(39-29)17(4)26(34)19-7-6-10-32-19)38-20(14)13-22-33-25-21(37-22)12-18(30)24(31-5)23(25)28(35)36/h6-7,10,12,14-17,20,27,31-32H,8-9,11,13H2,1-5H3,(H,35,36)/t14-,15-,16+,17-,20-,27?,29?/m0/s1. The number of aromatic nitrogens is 2. The van der Waals surface area contributed by atoms with Crippen LogP contribution in [0.1, 0.15) is 73.7 Å². The Labute approximate surface area is 236 Å². The molecule has 0 bridgehead atoms. The monoisotopic (exact) mass is 601 g/mol. The van der Waals surface area contributed by atoms with E-state index in [1.54, 1.807) is 25.4 Å². The Morgan fingerprint density at radius 3 is 2.72 bits per heavy atom. The third-order valence-electron chi connectivity index (χ3n) is 8.60. The first kappa shape index (κ1) is 27.9. The molecule has 9 nitrogen and oxygen atoms in total. The van der Waals surface area contributed by atoms with Crippen molar-refractivity contribution in [2.45, 2.75) is 71.4 Å². The molecule has 2 unspecified atom stereocenters. The lowest BCUT2D eigenvalue weighted by Crippen LogP contribution is -2.58. The van der Waals surface area contributed by atoms with Gasteiger partial charge in [0.2, 0.25) is 0 Å². The van der Waals surface area contributed by atoms with Gasteiger partial charge < -0.3 is 29.3 Å². The highest BCUT2D eigenvalue weighted by Gasteiger charge is 2.52. The fourth-order valence-electron chi connectivity index (χ4n) is 6.34. The molecule has 2 aromatic heterocycles. The molecule has 1 spiro atoms. The van der Waals surface area contributed by atoms with Crippen molar-refractivity contribution in [2.24, 2.45) is 23.7 Å². The molecule has 210 valence electrons. The molecule has 7 atom stereocenters. The molecule has 5 rings (SSSR count). The van der Waals surface area contributed by atoms with Crippen molar-refractivity contribution in [3.63, 3.8) is 0 Å². The maximum atomic E-state index is 13.2. The van der Waals surface area contributed by atoms with Gasteiger partial charge in [0.25, 0.3) is 0 Å². The third kappa shape index (κ3) is 5.02. The number of oxazole rings is 1. The molecule has 3 N–H and O–H groups in total. The molecule has 0 aliphatic carbocycles. The van der Waals surface area contributed by atoms with Crippen molar-refractivity contribution in [3.05, 3.63) is 46.0 Å². The Kier molecular flexibility index (Phi) is 7.65. The topological polar surface area (TPSA) is 127 Å². The first-order valence-corrected chi connectivity index (χ1v) is 14.4. The number of H-pyrrole nitrogens is 1. The SMILES string of the molecule is CNc1c(Br)cc2oc(C[C@@H]3OC4(CC[C@@H]3C)OC([C@@H](C)C(=O)c3ccc[nH]3)[C@@H](C)C[C@H]4C)nc2c1C(=O)O. The van der Waals surface area contributed by atoms with E-state index in [1.807, 2.05) is 13.0 Å². The van der Waals surface area contributed by atoms with Gasteiger partial charge in [-0.05, 0) is 58.8 Å². The number of aromatic amines is 1. The van der Waals surface area contributed by atoms with Gasteiger partial charge in [0.15, 0.2) is 23.0 Å². The summed E-state index contributed by atoms with van der Waals surface area (Å²) in [6.07, 6.45) is 4.16. The molecule has 2 saturated heterocycles. The lowest BCUT2D eigenvalue weighted by molar-refractivity contribution is -0.355. The molecule has 39 heavy (non-hydrogen) atoms. The lowest BCUT2D eigenvalue weighted by Gasteiger charge is -2.53. The number of halogens is 1. The zero-order valence-corrected chi connectivity index (χ0v) is 24.5. The number of hydrogen-bond donors (Lipinski definition) is 3. The van der Waals surface area contributed by atoms with E-state index in [0.717, 1.165) is 19.3 Å². The molecule has 0 radical (unpaired) electrons. The van der Waals surface area contributed by atoms with Crippen LogP contribution in [0.2, 0.25) is 0 Å². The highest BCUT2D eigenvalue weighted by Crippen LogP contribution is 2.48. The van der Waals surface area contributed by atoms with Crippen LogP contribution in [-0.2, 0) is 15.9 Å². The molecule has 0 amide bonds. The van der Waals surface area contributed by atoms with Crippen LogP contribution >= 0.6 is 15.9 Å². The molecule has 0 saturated carbocycles. The van der Waals surface area contributed by atoms with E-state index in [2.05, 4.69) is 52.0 Å². The minimum absolute atomic E-state index is 0.0371. The second-order valence-corrected chi connectivity index (χ2v) is 12.1. The number of carboxylic acid groups (broad SMARTS) is 1. The average molecular weight is 603 g/mol. The normalized spacial score (nSPS) is 29.9. The zero-order chi connectivity index (χ0) is 28.1. The van der Waals surface area contributed by atoms with Crippen molar-refractivity contribution in [3.8, 4) is 0 Å². The van der Waals surface area contributed by atoms with Crippen molar-refractivity contribution >= 4 is 44.5 Å². The molecule has 1 aromatic carbocycles. The molecule has 3 aromatic rings. The summed E-state index contributed by atoms with van der Waals surface area (Å²) in [5.74, 6) is -1.19. The maximum absolute atomic E-state index is 13.2. The van der Waals surface area contributed by atoms with Crippen LogP contribution in [0.4, 0.5) is 5.69 Å². The Balaban J connectivity index is 1.40. The molecule has 4 heterocycles. The number of aromatic carboxylic acids is 1. The van der Waals surface area contributed by atoms with Gasteiger partial charge >= 0.3 is 5.97 Å². The van der Waals surface area contributed by atoms with Gasteiger partial charge in [-0.3, -0.25) is 4.79 Å². The van der Waals surface area contributed by atoms with Gasteiger partial charge in [0.05, 0.1) is 30.0 Å². The first-order valence-electron chi connectivity index (χ1n) is 13.6. The predicted octanol–water partition coefficient (Wildman–Crippen LogP) is 6.29. The van der Waals surface area contributed by atoms with Gasteiger partial charge in [-0.15, -0.1) is 0 Å². The number of fused-ring (bicyclic) bond motifs is 1. The van der Waals surface area contributed by atoms with Gasteiger partial charge in [0, 0.05) is 36.0 Å². The first-order chi connectivity index (χ1) is 18.5. The number of ether oxygens (including phenoxy) is 2. The Hall–Kier alpha value is -2.69. The summed E-state index contributed by atoms with van der Waals surface area (Å²) < 4.78 is 20.2. The van der Waals surface area contributed by atoms with E-state index in [4.69, 9.17) is 13.9 Å². The number of carbonyl (C=O) groups excluding carboxylic acids is 1. The second-order valence-electron chi connectivity index (χ2n) is 11.2. The smallest absolute Gasteiger partial charge is 0.340 e. The summed E-state index contributed by atoms with van der Waals surface area (Å²) in [5, 5.41) is 12.8. The quantitative estimate of drug-likeness (QED) is 0.269. The highest BCUT2D eigenvalue weighted by molar-refractivity contribution is 9.10. The van der Waals surface area contributed by atoms with Crippen LogP contribution in [-0.4, -0.2) is 51.9 Å². The van der Waals surface area contributed by atoms with E-state index in [1.165, 1.54) is 0 Å². The van der Waals surface area contributed by atoms with E-state index in [9.17, 15) is 14.7 Å². The number of nitrogens with one attached hydrogen (secondary N) is 2. The number of nitrogens with zero attached hydrogens (tertiary/aromatic N) is 1. The van der Waals surface area contributed by atoms with Gasteiger partial charge in [-0.1, -0.05) is 27.7 Å². The number of benzene rings is 1. The summed E-state index contributed by atoms with van der Waals surface area (Å²) in [5.41, 5.74) is 1.80. The summed E-state index contributed by atoms with van der Waals surface area (Å²) in [7, 11) is 1.67. The fourth-order valence-corrected chi connectivity index (χ4v) is 6.94. The number of rotatable bonds is 7. The van der Waals surface area contributed by atoms with Crippen LogP contribution in [0.3, 0.4) is 0 Å². The van der Waals surface area contributed by atoms with Gasteiger partial charge in [-0.2, -0.15) is 0 Å². The minimum Gasteiger partial charge on any atom is -0.478 e. The van der Waals surface area contributed by atoms with E-state index >= 15 is 0 Å². The van der Waals surface area contributed by atoms with E-state index < -0.39 is 11.8 Å². The number of Topliss-reactive ketones (excluding diaryl/α,β-unsaturated/α-hetero) is 1. The molecule has 10 heteroatoms. The van der Waals surface area contributed by atoms with Crippen LogP contribution in [0.25, 0.3) is 11.1 Å². The van der Waals surface area contributed by atoms with Crippen molar-refractivity contribution in [2.75, 3.05) is 12.4 Å². The lowest BCUT2D eigenvalue weighted by atomic mass is 9.75. The summed E-state index contributed by atoms with van der Waals surface area (Å²) in [6.45, 7) is 8.38. The van der Waals surface area contributed by atoms with Gasteiger partial charge in [0.1, 0.15) is 11.1 Å². The number of ketones is 1. The Bertz CT molecular complexity index is 1370. The number of anilines is 1. The average Bonchev–Trinajstić information content (AvgIpc) is 3.56. The summed E-state index contributed by atoms with van der Waals surface area (Å²) in [6, 6.07) is 5.36. The molecule has 2 aliphatic rings. The molecule has 2 fully saturated rings. The van der Waals surface area contributed by atoms with Crippen LogP contribution in [0, 0.1) is 23.7 Å². The fraction of sp³-hybridized carbons (Fsp3) is 0.552.